The van der Waals surface area contributed by atoms with Gasteiger partial charge >= 0.3 is 0 Å². The zero-order valence-corrected chi connectivity index (χ0v) is 18.6. The van der Waals surface area contributed by atoms with Gasteiger partial charge in [0.15, 0.2) is 17.2 Å². The summed E-state index contributed by atoms with van der Waals surface area (Å²) in [4.78, 5) is 1.68. The maximum Gasteiger partial charge on any atom is 0.191 e. The number of para-hydroxylation sites is 1. The van der Waals surface area contributed by atoms with Crippen molar-refractivity contribution in [1.82, 2.24) is 10.4 Å². The van der Waals surface area contributed by atoms with Crippen LogP contribution in [-0.2, 0) is 0 Å². The molecule has 0 unspecified atom stereocenters. The number of quaternary nitrogens is 1. The first-order valence-electron chi connectivity index (χ1n) is 11.3. The Labute approximate surface area is 184 Å². The smallest absolute Gasteiger partial charge is 0.191 e. The van der Waals surface area contributed by atoms with E-state index in [1.165, 1.54) is 18.5 Å². The normalized spacial score (nSPS) is 27.0. The number of fused-ring (bicyclic) bond motifs is 4. The number of hydrazine groups is 1. The fraction of sp³-hybridized carbons (Fsp3) is 0.440. The van der Waals surface area contributed by atoms with Crippen molar-refractivity contribution >= 4 is 5.70 Å². The Bertz CT molecular complexity index is 982. The van der Waals surface area contributed by atoms with Gasteiger partial charge in [0.05, 0.1) is 58.4 Å². The zero-order chi connectivity index (χ0) is 21.4. The number of rotatable bonds is 5. The van der Waals surface area contributed by atoms with Gasteiger partial charge in [-0.15, -0.1) is 0 Å². The number of methoxy groups -OCH3 is 2. The molecule has 1 spiro atoms. The van der Waals surface area contributed by atoms with E-state index in [-0.39, 0.29) is 11.8 Å². The minimum atomic E-state index is -0.328. The second-order valence-corrected chi connectivity index (χ2v) is 8.66. The molecule has 2 aromatic carbocycles. The lowest BCUT2D eigenvalue weighted by Gasteiger charge is -2.50. The molecular weight excluding hydrogens is 390 g/mol. The minimum absolute atomic E-state index is 0.140. The van der Waals surface area contributed by atoms with Gasteiger partial charge in [0, 0.05) is 11.1 Å². The highest BCUT2D eigenvalue weighted by molar-refractivity contribution is 5.70. The fourth-order valence-electron chi connectivity index (χ4n) is 5.23. The summed E-state index contributed by atoms with van der Waals surface area (Å²) in [5, 5.41) is 2.35. The second kappa shape index (κ2) is 8.09. The summed E-state index contributed by atoms with van der Waals surface area (Å²) in [6, 6.07) is 14.7. The molecule has 3 aliphatic heterocycles. The van der Waals surface area contributed by atoms with Gasteiger partial charge in [-0.05, 0) is 36.8 Å². The van der Waals surface area contributed by atoms with E-state index in [0.717, 1.165) is 54.4 Å². The Morgan fingerprint density at radius 2 is 1.87 bits per heavy atom. The molecule has 2 aromatic rings. The molecule has 0 saturated carbocycles. The van der Waals surface area contributed by atoms with Crippen LogP contribution in [0.2, 0.25) is 0 Å². The predicted octanol–water partition coefficient (Wildman–Crippen LogP) is 2.78. The van der Waals surface area contributed by atoms with E-state index in [2.05, 4.69) is 53.8 Å². The van der Waals surface area contributed by atoms with Crippen LogP contribution in [0.1, 0.15) is 43.4 Å². The lowest BCUT2D eigenvalue weighted by atomic mass is 9.92. The van der Waals surface area contributed by atoms with Crippen LogP contribution in [-0.4, -0.2) is 44.6 Å². The number of nitrogens with one attached hydrogen (secondary N) is 2. The number of likely N-dealkylation sites (tertiary alicyclic amines) is 1. The third kappa shape index (κ3) is 3.44. The number of nitrogens with zero attached hydrogens (tertiary/aromatic N) is 1. The van der Waals surface area contributed by atoms with Crippen molar-refractivity contribution in [3.63, 3.8) is 0 Å². The molecule has 1 saturated heterocycles. The molecule has 0 aromatic heterocycles. The third-order valence-corrected chi connectivity index (χ3v) is 6.86. The molecule has 1 atom stereocenters. The highest BCUT2D eigenvalue weighted by atomic mass is 16.5. The zero-order valence-electron chi connectivity index (χ0n) is 18.6. The minimum Gasteiger partial charge on any atom is -0.493 e. The Morgan fingerprint density at radius 3 is 2.61 bits per heavy atom. The molecule has 6 nitrogen and oxygen atoms in total. The van der Waals surface area contributed by atoms with Gasteiger partial charge < -0.3 is 24.5 Å². The molecule has 0 amide bonds. The van der Waals surface area contributed by atoms with E-state index in [0.29, 0.717) is 0 Å². The van der Waals surface area contributed by atoms with Gasteiger partial charge in [0.2, 0.25) is 0 Å². The average Bonchev–Trinajstić information content (AvgIpc) is 3.27. The number of benzene rings is 2. The van der Waals surface area contributed by atoms with E-state index in [1.54, 1.807) is 19.1 Å². The quantitative estimate of drug-likeness (QED) is 0.776. The molecule has 0 radical (unpaired) electrons. The molecular formula is C25H32N3O3+. The summed E-state index contributed by atoms with van der Waals surface area (Å²) in [5.74, 6) is 2.48. The molecule has 0 bridgehead atoms. The highest BCUT2D eigenvalue weighted by Gasteiger charge is 2.52. The summed E-state index contributed by atoms with van der Waals surface area (Å²) in [7, 11) is 3.34. The van der Waals surface area contributed by atoms with E-state index < -0.39 is 0 Å². The van der Waals surface area contributed by atoms with Gasteiger partial charge in [0.1, 0.15) is 5.75 Å². The number of hydrogen-bond donors (Lipinski definition) is 2. The van der Waals surface area contributed by atoms with E-state index in [1.807, 2.05) is 12.1 Å². The summed E-state index contributed by atoms with van der Waals surface area (Å²) in [5.41, 5.74) is 6.74. The van der Waals surface area contributed by atoms with Gasteiger partial charge in [0.25, 0.3) is 0 Å². The van der Waals surface area contributed by atoms with Crippen LogP contribution >= 0.6 is 0 Å². The average molecular weight is 423 g/mol. The van der Waals surface area contributed by atoms with E-state index >= 15 is 0 Å². The highest BCUT2D eigenvalue weighted by Crippen LogP contribution is 2.47. The summed E-state index contributed by atoms with van der Waals surface area (Å²) >= 11 is 0. The molecule has 0 aliphatic carbocycles. The Balaban J connectivity index is 1.49. The molecule has 164 valence electrons. The number of ether oxygens (including phenoxy) is 3. The lowest BCUT2D eigenvalue weighted by molar-refractivity contribution is -0.908. The van der Waals surface area contributed by atoms with Crippen LogP contribution in [0.5, 0.6) is 17.2 Å². The SMILES string of the molecule is CCC[NH+]1CCC2(CC1)Oc1ccccc1[C@@H]1C=C(c3ccc(OC)c(OC)c3)NN12. The monoisotopic (exact) mass is 422 g/mol. The van der Waals surface area contributed by atoms with Gasteiger partial charge in [-0.1, -0.05) is 25.1 Å². The van der Waals surface area contributed by atoms with Crippen molar-refractivity contribution in [2.24, 2.45) is 0 Å². The molecule has 3 aliphatic rings. The van der Waals surface area contributed by atoms with Crippen molar-refractivity contribution in [2.75, 3.05) is 33.9 Å². The topological polar surface area (TPSA) is 47.4 Å². The molecule has 6 heteroatoms. The molecule has 5 rings (SSSR count). The molecule has 1 fully saturated rings. The van der Waals surface area contributed by atoms with E-state index in [9.17, 15) is 0 Å². The largest absolute Gasteiger partial charge is 0.493 e. The second-order valence-electron chi connectivity index (χ2n) is 8.66. The van der Waals surface area contributed by atoms with Gasteiger partial charge in [-0.2, -0.15) is 5.01 Å². The Morgan fingerprint density at radius 1 is 1.10 bits per heavy atom. The summed E-state index contributed by atoms with van der Waals surface area (Å²) in [6.07, 6.45) is 5.55. The summed E-state index contributed by atoms with van der Waals surface area (Å²) in [6.45, 7) is 5.76. The lowest BCUT2D eigenvalue weighted by Crippen LogP contribution is -3.14. The number of hydrogen-bond acceptors (Lipinski definition) is 5. The maximum absolute atomic E-state index is 6.74. The first-order valence-corrected chi connectivity index (χ1v) is 11.3. The van der Waals surface area contributed by atoms with Crippen LogP contribution in [0.15, 0.2) is 48.5 Å². The molecule has 2 N–H and O–H groups in total. The van der Waals surface area contributed by atoms with Crippen molar-refractivity contribution < 1.29 is 19.1 Å². The Kier molecular flexibility index (Phi) is 5.28. The van der Waals surface area contributed by atoms with Crippen LogP contribution < -0.4 is 24.5 Å². The van der Waals surface area contributed by atoms with E-state index in [4.69, 9.17) is 14.2 Å². The first kappa shape index (κ1) is 20.2. The third-order valence-electron chi connectivity index (χ3n) is 6.86. The standard InChI is InChI=1S/C25H31N3O3/c1-4-13-27-14-11-25(12-15-27)28-21(19-7-5-6-8-22(19)31-25)17-20(26-28)18-9-10-23(29-2)24(16-18)30-3/h5-10,16-17,21,26H,4,11-15H2,1-3H3/p+1/t21-/m0/s1. The fourth-order valence-corrected chi connectivity index (χ4v) is 5.23. The molecule has 3 heterocycles. The number of piperidine rings is 1. The van der Waals surface area contributed by atoms with Gasteiger partial charge in [-0.25, -0.2) is 0 Å². The Hall–Kier alpha value is -2.70. The van der Waals surface area contributed by atoms with Crippen molar-refractivity contribution in [1.29, 1.82) is 0 Å². The van der Waals surface area contributed by atoms with Crippen LogP contribution in [0.25, 0.3) is 5.70 Å². The van der Waals surface area contributed by atoms with Gasteiger partial charge in [-0.3, -0.25) is 0 Å². The first-order chi connectivity index (χ1) is 15.2. The van der Waals surface area contributed by atoms with Crippen molar-refractivity contribution in [3.8, 4) is 17.2 Å². The molecule has 31 heavy (non-hydrogen) atoms. The van der Waals surface area contributed by atoms with Crippen LogP contribution in [0.4, 0.5) is 0 Å². The summed E-state index contributed by atoms with van der Waals surface area (Å²) < 4.78 is 17.7. The van der Waals surface area contributed by atoms with Crippen molar-refractivity contribution in [2.45, 2.75) is 38.0 Å². The van der Waals surface area contributed by atoms with Crippen LogP contribution in [0.3, 0.4) is 0 Å². The predicted molar refractivity (Wildman–Crippen MR) is 120 cm³/mol. The van der Waals surface area contributed by atoms with Crippen LogP contribution in [0, 0.1) is 0 Å². The van der Waals surface area contributed by atoms with Crippen molar-refractivity contribution in [3.05, 3.63) is 59.7 Å². The maximum atomic E-state index is 6.74.